The average Bonchev–Trinajstić information content (AvgIpc) is 3.36. The Labute approximate surface area is 270 Å². The van der Waals surface area contributed by atoms with E-state index in [1.165, 1.54) is 18.2 Å². The fraction of sp³-hybridized carbons (Fsp3) is 0.433. The van der Waals surface area contributed by atoms with E-state index in [-0.39, 0.29) is 15.1 Å². The summed E-state index contributed by atoms with van der Waals surface area (Å²) in [5.41, 5.74) is -0.910. The second kappa shape index (κ2) is 15.0. The van der Waals surface area contributed by atoms with E-state index in [9.17, 15) is 53.1 Å². The molecular weight excluding hydrogens is 697 g/mol. The Balaban J connectivity index is 1.68. The van der Waals surface area contributed by atoms with Gasteiger partial charge in [-0.05, 0) is 61.0 Å². The van der Waals surface area contributed by atoms with E-state index in [0.29, 0.717) is 23.8 Å². The summed E-state index contributed by atoms with van der Waals surface area (Å²) in [6.45, 7) is 1.78. The van der Waals surface area contributed by atoms with E-state index in [2.05, 4.69) is 25.5 Å². The minimum Gasteiger partial charge on any atom is -0.484 e. The van der Waals surface area contributed by atoms with Crippen molar-refractivity contribution in [1.82, 2.24) is 0 Å². The van der Waals surface area contributed by atoms with Crippen molar-refractivity contribution >= 4 is 27.4 Å². The van der Waals surface area contributed by atoms with Crippen LogP contribution in [0.1, 0.15) is 44.2 Å². The fourth-order valence-corrected chi connectivity index (χ4v) is 5.17. The van der Waals surface area contributed by atoms with Crippen LogP contribution in [0.15, 0.2) is 54.6 Å². The molecule has 3 aromatic rings. The number of benzene rings is 2. The summed E-state index contributed by atoms with van der Waals surface area (Å²) < 4.78 is 169. The fourth-order valence-electron chi connectivity index (χ4n) is 4.04. The van der Waals surface area contributed by atoms with Crippen LogP contribution >= 0.6 is 11.3 Å². The summed E-state index contributed by atoms with van der Waals surface area (Å²) >= 11 is 0.853. The first-order valence-electron chi connectivity index (χ1n) is 13.8. The summed E-state index contributed by atoms with van der Waals surface area (Å²) in [5.74, 6) is -1.86. The number of aryl methyl sites for hydroxylation is 1. The maximum absolute atomic E-state index is 14.1. The standard InChI is InChI=1S/C30H27F11O6S/c1-4-5-6-7-18-8-11-21(22(12-18)28(35,36)37)24-13-19-9-10-20(14-23(19)48-24)43-15-26(31,32)45-29(38,39)47-30(40,41)46-27(33,34)16-44-25(42)17(2)3/h8-14H,2,4-7,15-16H2,1,3H3. The molecule has 1 heterocycles. The molecule has 0 spiro atoms. The van der Waals surface area contributed by atoms with Crippen molar-refractivity contribution in [3.63, 3.8) is 0 Å². The minimum absolute atomic E-state index is 0.126. The van der Waals surface area contributed by atoms with Crippen molar-refractivity contribution < 1.29 is 76.8 Å². The lowest BCUT2D eigenvalue weighted by Crippen LogP contribution is -2.46. The first kappa shape index (κ1) is 39.0. The molecule has 0 atom stereocenters. The molecule has 18 heteroatoms. The zero-order chi connectivity index (χ0) is 36.1. The predicted molar refractivity (Wildman–Crippen MR) is 150 cm³/mol. The van der Waals surface area contributed by atoms with E-state index in [1.807, 2.05) is 6.92 Å². The van der Waals surface area contributed by atoms with Crippen molar-refractivity contribution in [3.8, 4) is 16.2 Å². The zero-order valence-corrected chi connectivity index (χ0v) is 25.8. The number of thiophene rings is 1. The maximum Gasteiger partial charge on any atom is 0.496 e. The van der Waals surface area contributed by atoms with E-state index < -0.39 is 67.1 Å². The SMILES string of the molecule is C=C(C)C(=O)OCC(F)(F)OC(F)(F)OC(F)(F)OC(F)(F)COc1ccc2cc(-c3ccc(CCCCC)cc3C(F)(F)F)sc2c1. The smallest absolute Gasteiger partial charge is 0.484 e. The van der Waals surface area contributed by atoms with Gasteiger partial charge in [0.15, 0.2) is 13.2 Å². The Bertz CT molecular complexity index is 1590. The van der Waals surface area contributed by atoms with Gasteiger partial charge in [0, 0.05) is 20.7 Å². The van der Waals surface area contributed by atoms with Crippen molar-refractivity contribution in [2.24, 2.45) is 0 Å². The molecule has 0 N–H and O–H groups in total. The van der Waals surface area contributed by atoms with Gasteiger partial charge >= 0.3 is 37.0 Å². The van der Waals surface area contributed by atoms with Crippen molar-refractivity contribution in [3.05, 3.63) is 65.7 Å². The first-order chi connectivity index (χ1) is 22.0. The molecule has 0 saturated carbocycles. The van der Waals surface area contributed by atoms with Gasteiger partial charge in [-0.1, -0.05) is 38.5 Å². The third-order valence-corrected chi connectivity index (χ3v) is 7.25. The van der Waals surface area contributed by atoms with Gasteiger partial charge < -0.3 is 9.47 Å². The van der Waals surface area contributed by atoms with E-state index in [4.69, 9.17) is 4.74 Å². The third kappa shape index (κ3) is 11.6. The second-order valence-corrected chi connectivity index (χ2v) is 11.4. The number of halogens is 11. The van der Waals surface area contributed by atoms with Crippen LogP contribution in [0.5, 0.6) is 5.75 Å². The molecule has 266 valence electrons. The molecule has 6 nitrogen and oxygen atoms in total. The molecule has 0 saturated heterocycles. The molecule has 0 aliphatic rings. The lowest BCUT2D eigenvalue weighted by atomic mass is 9.98. The number of carbonyl (C=O) groups excluding carboxylic acids is 1. The lowest BCUT2D eigenvalue weighted by Gasteiger charge is -2.27. The van der Waals surface area contributed by atoms with Gasteiger partial charge in [-0.15, -0.1) is 28.9 Å². The average molecular weight is 725 g/mol. The Morgan fingerprint density at radius 2 is 1.42 bits per heavy atom. The minimum atomic E-state index is -5.94. The number of ether oxygens (including phenoxy) is 5. The van der Waals surface area contributed by atoms with Crippen LogP contribution in [-0.4, -0.2) is 44.0 Å². The Kier molecular flexibility index (Phi) is 12.1. The molecule has 0 fully saturated rings. The van der Waals surface area contributed by atoms with Gasteiger partial charge in [0.05, 0.1) is 5.56 Å². The molecule has 0 radical (unpaired) electrons. The molecule has 48 heavy (non-hydrogen) atoms. The van der Waals surface area contributed by atoms with Crippen LogP contribution < -0.4 is 4.74 Å². The van der Waals surface area contributed by atoms with Gasteiger partial charge in [-0.3, -0.25) is 0 Å². The van der Waals surface area contributed by atoms with Crippen LogP contribution in [0.4, 0.5) is 48.3 Å². The van der Waals surface area contributed by atoms with Gasteiger partial charge in [-0.2, -0.15) is 30.7 Å². The molecule has 0 bridgehead atoms. The van der Waals surface area contributed by atoms with Gasteiger partial charge in [0.1, 0.15) is 5.75 Å². The highest BCUT2D eigenvalue weighted by molar-refractivity contribution is 7.22. The number of rotatable bonds is 17. The number of esters is 1. The molecule has 1 aromatic heterocycles. The number of unbranched alkanes of at least 4 members (excludes halogenated alkanes) is 2. The summed E-state index contributed by atoms with van der Waals surface area (Å²) in [7, 11) is 0. The molecule has 0 amide bonds. The zero-order valence-electron chi connectivity index (χ0n) is 25.0. The Morgan fingerprint density at radius 3 is 2.00 bits per heavy atom. The summed E-state index contributed by atoms with van der Waals surface area (Å²) in [6.07, 6.45) is -23.9. The van der Waals surface area contributed by atoms with Gasteiger partial charge in [0.25, 0.3) is 0 Å². The number of hydrogen-bond acceptors (Lipinski definition) is 7. The summed E-state index contributed by atoms with van der Waals surface area (Å²) in [5, 5.41) is 0.388. The largest absolute Gasteiger partial charge is 0.496 e. The summed E-state index contributed by atoms with van der Waals surface area (Å²) in [4.78, 5) is 11.3. The molecule has 0 aliphatic carbocycles. The molecule has 2 aromatic carbocycles. The van der Waals surface area contributed by atoms with Gasteiger partial charge in [-0.25, -0.2) is 19.0 Å². The topological polar surface area (TPSA) is 63.2 Å². The first-order valence-corrected chi connectivity index (χ1v) is 14.6. The number of hydrogen-bond donors (Lipinski definition) is 0. The predicted octanol–water partition coefficient (Wildman–Crippen LogP) is 10.2. The molecule has 3 rings (SSSR count). The number of carbonyl (C=O) groups is 1. The highest BCUT2D eigenvalue weighted by Crippen LogP contribution is 2.43. The number of fused-ring (bicyclic) bond motifs is 1. The lowest BCUT2D eigenvalue weighted by molar-refractivity contribution is -0.574. The highest BCUT2D eigenvalue weighted by atomic mass is 32.1. The molecule has 0 unspecified atom stereocenters. The van der Waals surface area contributed by atoms with Crippen LogP contribution in [0.3, 0.4) is 0 Å². The van der Waals surface area contributed by atoms with Crippen molar-refractivity contribution in [1.29, 1.82) is 0 Å². The maximum atomic E-state index is 14.1. The molecular formula is C30H27F11O6S. The monoisotopic (exact) mass is 724 g/mol. The Morgan fingerprint density at radius 1 is 0.792 bits per heavy atom. The van der Waals surface area contributed by atoms with E-state index in [0.717, 1.165) is 49.3 Å². The number of alkyl halides is 11. The quantitative estimate of drug-likeness (QED) is 0.0454. The van der Waals surface area contributed by atoms with Crippen LogP contribution in [0.25, 0.3) is 20.5 Å². The third-order valence-electron chi connectivity index (χ3n) is 6.12. The van der Waals surface area contributed by atoms with Gasteiger partial charge in [0.2, 0.25) is 0 Å². The second-order valence-electron chi connectivity index (χ2n) is 10.3. The van der Waals surface area contributed by atoms with Crippen molar-refractivity contribution in [2.75, 3.05) is 13.2 Å². The van der Waals surface area contributed by atoms with Crippen LogP contribution in [0.2, 0.25) is 0 Å². The normalized spacial score (nSPS) is 13.2. The van der Waals surface area contributed by atoms with E-state index >= 15 is 0 Å². The van der Waals surface area contributed by atoms with Crippen LogP contribution in [0, 0.1) is 0 Å². The summed E-state index contributed by atoms with van der Waals surface area (Å²) in [6, 6.07) is 8.90. The van der Waals surface area contributed by atoms with Crippen molar-refractivity contribution in [2.45, 2.75) is 70.5 Å². The van der Waals surface area contributed by atoms with Crippen LogP contribution in [-0.2, 0) is 36.3 Å². The molecule has 0 aliphatic heterocycles. The highest BCUT2D eigenvalue weighted by Gasteiger charge is 2.57. The van der Waals surface area contributed by atoms with E-state index in [1.54, 1.807) is 6.07 Å². The Hall–Kier alpha value is -3.48.